The van der Waals surface area contributed by atoms with E-state index < -0.39 is 0 Å². The number of ether oxygens (including phenoxy) is 1. The highest BCUT2D eigenvalue weighted by Crippen LogP contribution is 2.36. The monoisotopic (exact) mass is 274 g/mol. The zero-order valence-corrected chi connectivity index (χ0v) is 13.0. The summed E-state index contributed by atoms with van der Waals surface area (Å²) in [7, 11) is -0.273. The Morgan fingerprint density at radius 2 is 1.65 bits per heavy atom. The summed E-state index contributed by atoms with van der Waals surface area (Å²) in [5.41, 5.74) is 3.21. The van der Waals surface area contributed by atoms with Crippen LogP contribution in [0.4, 0.5) is 0 Å². The predicted octanol–water partition coefficient (Wildman–Crippen LogP) is 2.41. The van der Waals surface area contributed by atoms with Gasteiger partial charge in [0, 0.05) is 5.92 Å². The fourth-order valence-corrected chi connectivity index (χ4v) is 2.70. The van der Waals surface area contributed by atoms with Gasteiger partial charge in [-0.3, -0.25) is 0 Å². The van der Waals surface area contributed by atoms with Crippen LogP contribution in [-0.2, 0) is 14.0 Å². The normalized spacial score (nSPS) is 24.8. The average molecular weight is 274 g/mol. The third-order valence-electron chi connectivity index (χ3n) is 4.90. The zero-order chi connectivity index (χ0) is 14.5. The minimum atomic E-state index is -0.286. The van der Waals surface area contributed by atoms with Crippen LogP contribution in [0, 0.1) is 6.92 Å². The maximum absolute atomic E-state index is 6.10. The van der Waals surface area contributed by atoms with Crippen LogP contribution in [0.15, 0.2) is 18.2 Å². The van der Waals surface area contributed by atoms with Gasteiger partial charge in [-0.1, -0.05) is 18.2 Å². The highest BCUT2D eigenvalue weighted by molar-refractivity contribution is 6.62. The molecule has 20 heavy (non-hydrogen) atoms. The third kappa shape index (κ3) is 2.20. The summed E-state index contributed by atoms with van der Waals surface area (Å²) in [4.78, 5) is 0. The third-order valence-corrected chi connectivity index (χ3v) is 4.90. The van der Waals surface area contributed by atoms with Gasteiger partial charge in [-0.2, -0.15) is 0 Å². The lowest BCUT2D eigenvalue weighted by Gasteiger charge is -2.32. The molecule has 108 valence electrons. The first-order valence-corrected chi connectivity index (χ1v) is 7.34. The molecular weight excluding hydrogens is 251 g/mol. The molecule has 2 aliphatic heterocycles. The van der Waals surface area contributed by atoms with Crippen molar-refractivity contribution in [1.29, 1.82) is 0 Å². The van der Waals surface area contributed by atoms with Crippen LogP contribution in [0.1, 0.15) is 44.7 Å². The molecule has 0 atom stereocenters. The first kappa shape index (κ1) is 14.1. The molecule has 2 saturated heterocycles. The van der Waals surface area contributed by atoms with Crippen molar-refractivity contribution in [3.8, 4) is 0 Å². The lowest BCUT2D eigenvalue weighted by molar-refractivity contribution is 0.00578. The second-order valence-electron chi connectivity index (χ2n) is 6.94. The van der Waals surface area contributed by atoms with Gasteiger partial charge in [0.1, 0.15) is 0 Å². The van der Waals surface area contributed by atoms with Crippen molar-refractivity contribution in [3.05, 3.63) is 29.3 Å². The summed E-state index contributed by atoms with van der Waals surface area (Å²) in [6.07, 6.45) is 0. The van der Waals surface area contributed by atoms with Gasteiger partial charge in [0.25, 0.3) is 0 Å². The lowest BCUT2D eigenvalue weighted by atomic mass is 9.77. The number of hydrogen-bond acceptors (Lipinski definition) is 3. The first-order valence-electron chi connectivity index (χ1n) is 7.34. The van der Waals surface area contributed by atoms with Crippen LogP contribution in [0.25, 0.3) is 0 Å². The van der Waals surface area contributed by atoms with Crippen LogP contribution in [0.5, 0.6) is 0 Å². The average Bonchev–Trinajstić information content (AvgIpc) is 2.48. The van der Waals surface area contributed by atoms with Crippen molar-refractivity contribution in [2.24, 2.45) is 0 Å². The largest absolute Gasteiger partial charge is 0.494 e. The smallest absolute Gasteiger partial charge is 0.399 e. The predicted molar refractivity (Wildman–Crippen MR) is 80.5 cm³/mol. The molecule has 3 rings (SSSR count). The van der Waals surface area contributed by atoms with E-state index in [0.29, 0.717) is 5.92 Å². The van der Waals surface area contributed by atoms with Crippen LogP contribution in [0.2, 0.25) is 0 Å². The van der Waals surface area contributed by atoms with Crippen molar-refractivity contribution in [2.75, 3.05) is 13.2 Å². The summed E-state index contributed by atoms with van der Waals surface area (Å²) >= 11 is 0. The Kier molecular flexibility index (Phi) is 3.24. The van der Waals surface area contributed by atoms with E-state index in [0.717, 1.165) is 18.7 Å². The standard InChI is InChI=1S/C16H23BO3/c1-11-8-13(6-7-14(11)12-9-18-10-12)17-19-15(2,3)16(4,5)20-17/h6-8,12H,9-10H2,1-5H3. The molecule has 0 amide bonds. The molecule has 4 heteroatoms. The SMILES string of the molecule is Cc1cc(B2OC(C)(C)C(C)(C)O2)ccc1C1COC1. The molecule has 0 radical (unpaired) electrons. The van der Waals surface area contributed by atoms with E-state index in [9.17, 15) is 0 Å². The molecule has 1 aromatic carbocycles. The molecule has 2 fully saturated rings. The van der Waals surface area contributed by atoms with E-state index in [1.54, 1.807) is 0 Å². The van der Waals surface area contributed by atoms with Crippen LogP contribution in [-0.4, -0.2) is 31.5 Å². The molecule has 1 aromatic rings. The molecule has 0 aromatic heterocycles. The van der Waals surface area contributed by atoms with Gasteiger partial charge < -0.3 is 14.0 Å². The summed E-state index contributed by atoms with van der Waals surface area (Å²) in [6, 6.07) is 6.52. The van der Waals surface area contributed by atoms with Crippen molar-refractivity contribution >= 4 is 12.6 Å². The topological polar surface area (TPSA) is 27.7 Å². The zero-order valence-electron chi connectivity index (χ0n) is 13.0. The molecule has 0 saturated carbocycles. The van der Waals surface area contributed by atoms with Gasteiger partial charge in [-0.25, -0.2) is 0 Å². The second-order valence-corrected chi connectivity index (χ2v) is 6.94. The molecular formula is C16H23BO3. The van der Waals surface area contributed by atoms with E-state index in [1.165, 1.54) is 11.1 Å². The minimum Gasteiger partial charge on any atom is -0.399 e. The van der Waals surface area contributed by atoms with Crippen molar-refractivity contribution in [3.63, 3.8) is 0 Å². The molecule has 0 unspecified atom stereocenters. The molecule has 2 aliphatic rings. The molecule has 0 bridgehead atoms. The van der Waals surface area contributed by atoms with E-state index in [-0.39, 0.29) is 18.3 Å². The van der Waals surface area contributed by atoms with Crippen molar-refractivity contribution < 1.29 is 14.0 Å². The second kappa shape index (κ2) is 4.59. The number of benzene rings is 1. The van der Waals surface area contributed by atoms with Gasteiger partial charge in [-0.15, -0.1) is 0 Å². The summed E-state index contributed by atoms with van der Waals surface area (Å²) in [5.74, 6) is 0.558. The molecule has 0 N–H and O–H groups in total. The highest BCUT2D eigenvalue weighted by Gasteiger charge is 2.51. The Labute approximate surface area is 121 Å². The van der Waals surface area contributed by atoms with Crippen molar-refractivity contribution in [2.45, 2.75) is 51.7 Å². The fraction of sp³-hybridized carbons (Fsp3) is 0.625. The van der Waals surface area contributed by atoms with E-state index in [1.807, 2.05) is 0 Å². The Morgan fingerprint density at radius 1 is 1.05 bits per heavy atom. The Morgan fingerprint density at radius 3 is 2.10 bits per heavy atom. The Balaban J connectivity index is 1.83. The van der Waals surface area contributed by atoms with E-state index in [4.69, 9.17) is 14.0 Å². The Bertz CT molecular complexity index is 504. The van der Waals surface area contributed by atoms with Crippen LogP contribution < -0.4 is 5.46 Å². The van der Waals surface area contributed by atoms with Crippen LogP contribution in [0.3, 0.4) is 0 Å². The van der Waals surface area contributed by atoms with Gasteiger partial charge in [-0.05, 0) is 51.2 Å². The maximum atomic E-state index is 6.10. The summed E-state index contributed by atoms with van der Waals surface area (Å²) in [5, 5.41) is 0. The molecule has 0 aliphatic carbocycles. The van der Waals surface area contributed by atoms with Gasteiger partial charge >= 0.3 is 7.12 Å². The summed E-state index contributed by atoms with van der Waals surface area (Å²) < 4.78 is 17.5. The maximum Gasteiger partial charge on any atom is 0.494 e. The quantitative estimate of drug-likeness (QED) is 0.775. The molecule has 2 heterocycles. The van der Waals surface area contributed by atoms with Gasteiger partial charge in [0.05, 0.1) is 24.4 Å². The molecule has 0 spiro atoms. The minimum absolute atomic E-state index is 0.273. The number of rotatable bonds is 2. The van der Waals surface area contributed by atoms with E-state index in [2.05, 4.69) is 52.8 Å². The van der Waals surface area contributed by atoms with E-state index >= 15 is 0 Å². The van der Waals surface area contributed by atoms with Crippen molar-refractivity contribution in [1.82, 2.24) is 0 Å². The molecule has 3 nitrogen and oxygen atoms in total. The van der Waals surface area contributed by atoms with Gasteiger partial charge in [0.2, 0.25) is 0 Å². The van der Waals surface area contributed by atoms with Crippen LogP contribution >= 0.6 is 0 Å². The lowest BCUT2D eigenvalue weighted by Crippen LogP contribution is -2.41. The number of hydrogen-bond donors (Lipinski definition) is 0. The fourth-order valence-electron chi connectivity index (χ4n) is 2.70. The summed E-state index contributed by atoms with van der Waals surface area (Å²) in [6.45, 7) is 12.2. The first-order chi connectivity index (χ1) is 9.30. The highest BCUT2D eigenvalue weighted by atomic mass is 16.7. The van der Waals surface area contributed by atoms with Gasteiger partial charge in [0.15, 0.2) is 0 Å². The number of aryl methyl sites for hydroxylation is 1. The Hall–Kier alpha value is -0.835.